The van der Waals surface area contributed by atoms with Gasteiger partial charge in [0.05, 0.1) is 0 Å². The van der Waals surface area contributed by atoms with Gasteiger partial charge in [0, 0.05) is 6.20 Å². The van der Waals surface area contributed by atoms with E-state index in [9.17, 15) is 13.2 Å². The average molecular weight is 261 g/mol. The lowest BCUT2D eigenvalue weighted by atomic mass is 10.1. The number of imidazole rings is 1. The zero-order chi connectivity index (χ0) is 13.7. The maximum Gasteiger partial charge on any atom is 0.186 e. The van der Waals surface area contributed by atoms with E-state index in [4.69, 9.17) is 5.26 Å². The highest BCUT2D eigenvalue weighted by molar-refractivity contribution is 5.84. The molecule has 6 heteroatoms. The standard InChI is InChI=1S/C13H6F3N3/c1-6-3-2-4-19-12-10(16)8(14)7(5-17)9(15)11(12)18-13(6)19/h2-4H,1H3. The van der Waals surface area contributed by atoms with Crippen molar-refractivity contribution in [3.05, 3.63) is 46.9 Å². The van der Waals surface area contributed by atoms with Crippen LogP contribution < -0.4 is 0 Å². The molecule has 2 aromatic heterocycles. The molecule has 3 aromatic rings. The number of aryl methyl sites for hydroxylation is 1. The quantitative estimate of drug-likeness (QED) is 0.583. The molecular formula is C13H6F3N3. The first-order valence-corrected chi connectivity index (χ1v) is 5.40. The molecule has 2 heterocycles. The minimum atomic E-state index is -1.49. The second kappa shape index (κ2) is 3.72. The SMILES string of the molecule is Cc1cccn2c1nc1c(F)c(C#N)c(F)c(F)c12. The topological polar surface area (TPSA) is 41.1 Å². The summed E-state index contributed by atoms with van der Waals surface area (Å²) in [4.78, 5) is 3.96. The zero-order valence-corrected chi connectivity index (χ0v) is 9.71. The summed E-state index contributed by atoms with van der Waals surface area (Å²) >= 11 is 0. The molecule has 0 saturated carbocycles. The summed E-state index contributed by atoms with van der Waals surface area (Å²) in [5, 5.41) is 8.68. The summed E-state index contributed by atoms with van der Waals surface area (Å²) in [5.74, 6) is -3.90. The molecule has 0 radical (unpaired) electrons. The van der Waals surface area contributed by atoms with Crippen molar-refractivity contribution in [3.63, 3.8) is 0 Å². The number of nitrogens with zero attached hydrogens (tertiary/aromatic N) is 3. The van der Waals surface area contributed by atoms with Gasteiger partial charge in [-0.15, -0.1) is 0 Å². The maximum absolute atomic E-state index is 14.0. The zero-order valence-electron chi connectivity index (χ0n) is 9.71. The normalized spacial score (nSPS) is 11.1. The van der Waals surface area contributed by atoms with Gasteiger partial charge in [0.25, 0.3) is 0 Å². The summed E-state index contributed by atoms with van der Waals surface area (Å²) in [6, 6.07) is 4.66. The summed E-state index contributed by atoms with van der Waals surface area (Å²) in [6.45, 7) is 1.72. The van der Waals surface area contributed by atoms with E-state index < -0.39 is 23.0 Å². The molecule has 0 unspecified atom stereocenters. The molecule has 0 aliphatic rings. The summed E-state index contributed by atoms with van der Waals surface area (Å²) in [7, 11) is 0. The molecule has 3 nitrogen and oxygen atoms in total. The molecule has 0 atom stereocenters. The fourth-order valence-corrected chi connectivity index (χ4v) is 2.09. The minimum Gasteiger partial charge on any atom is -0.297 e. The van der Waals surface area contributed by atoms with E-state index in [2.05, 4.69) is 4.98 Å². The highest BCUT2D eigenvalue weighted by Crippen LogP contribution is 2.28. The lowest BCUT2D eigenvalue weighted by Crippen LogP contribution is -1.98. The van der Waals surface area contributed by atoms with Gasteiger partial charge in [-0.25, -0.2) is 18.2 Å². The van der Waals surface area contributed by atoms with Crippen LogP contribution in [0.25, 0.3) is 16.7 Å². The van der Waals surface area contributed by atoms with Crippen molar-refractivity contribution in [3.8, 4) is 6.07 Å². The second-order valence-corrected chi connectivity index (χ2v) is 4.12. The Kier molecular flexibility index (Phi) is 2.26. The van der Waals surface area contributed by atoms with Crippen molar-refractivity contribution in [1.29, 1.82) is 5.26 Å². The van der Waals surface area contributed by atoms with E-state index in [0.29, 0.717) is 11.2 Å². The third kappa shape index (κ3) is 1.35. The number of aromatic nitrogens is 2. The molecule has 0 aliphatic carbocycles. The Morgan fingerprint density at radius 3 is 2.63 bits per heavy atom. The van der Waals surface area contributed by atoms with Crippen LogP contribution in [-0.2, 0) is 0 Å². The smallest absolute Gasteiger partial charge is 0.186 e. The molecule has 0 fully saturated rings. The van der Waals surface area contributed by atoms with E-state index in [1.807, 2.05) is 0 Å². The minimum absolute atomic E-state index is 0.298. The number of nitriles is 1. The van der Waals surface area contributed by atoms with Crippen molar-refractivity contribution >= 4 is 16.7 Å². The van der Waals surface area contributed by atoms with Gasteiger partial charge < -0.3 is 0 Å². The van der Waals surface area contributed by atoms with Crippen LogP contribution in [0.5, 0.6) is 0 Å². The van der Waals surface area contributed by atoms with Crippen molar-refractivity contribution in [2.75, 3.05) is 0 Å². The lowest BCUT2D eigenvalue weighted by molar-refractivity contribution is 0.500. The van der Waals surface area contributed by atoms with Crippen molar-refractivity contribution in [2.24, 2.45) is 0 Å². The number of hydrogen-bond donors (Lipinski definition) is 0. The molecule has 1 aromatic carbocycles. The first-order chi connectivity index (χ1) is 9.06. The molecule has 0 amide bonds. The number of benzene rings is 1. The highest BCUT2D eigenvalue weighted by Gasteiger charge is 2.24. The summed E-state index contributed by atoms with van der Waals surface area (Å²) in [6.07, 6.45) is 1.46. The van der Waals surface area contributed by atoms with Crippen LogP contribution in [0.2, 0.25) is 0 Å². The number of fused-ring (bicyclic) bond motifs is 3. The van der Waals surface area contributed by atoms with Crippen LogP contribution in [0.4, 0.5) is 13.2 Å². The first-order valence-electron chi connectivity index (χ1n) is 5.40. The molecule has 0 aliphatic heterocycles. The Morgan fingerprint density at radius 2 is 1.95 bits per heavy atom. The average Bonchev–Trinajstić information content (AvgIpc) is 2.78. The van der Waals surface area contributed by atoms with Gasteiger partial charge in [0.15, 0.2) is 17.5 Å². The molecule has 19 heavy (non-hydrogen) atoms. The molecule has 0 N–H and O–H groups in total. The second-order valence-electron chi connectivity index (χ2n) is 4.12. The van der Waals surface area contributed by atoms with E-state index in [0.717, 1.165) is 0 Å². The Balaban J connectivity index is 2.67. The summed E-state index contributed by atoms with van der Waals surface area (Å²) in [5.41, 5.74) is -0.579. The van der Waals surface area contributed by atoms with Gasteiger partial charge in [-0.3, -0.25) is 4.40 Å². The van der Waals surface area contributed by atoms with Crippen LogP contribution in [0.3, 0.4) is 0 Å². The maximum atomic E-state index is 14.0. The third-order valence-electron chi connectivity index (χ3n) is 3.00. The third-order valence-corrected chi connectivity index (χ3v) is 3.00. The van der Waals surface area contributed by atoms with Gasteiger partial charge in [-0.1, -0.05) is 6.07 Å². The predicted octanol–water partition coefficient (Wildman–Crippen LogP) is 3.08. The van der Waals surface area contributed by atoms with Gasteiger partial charge in [-0.2, -0.15) is 5.26 Å². The number of rotatable bonds is 0. The summed E-state index contributed by atoms with van der Waals surface area (Å²) < 4.78 is 42.8. The van der Waals surface area contributed by atoms with Crippen molar-refractivity contribution in [2.45, 2.75) is 6.92 Å². The molecule has 0 bridgehead atoms. The fourth-order valence-electron chi connectivity index (χ4n) is 2.09. The Labute approximate surface area is 105 Å². The van der Waals surface area contributed by atoms with E-state index in [-0.39, 0.29) is 11.0 Å². The highest BCUT2D eigenvalue weighted by atomic mass is 19.2. The Bertz CT molecular complexity index is 875. The van der Waals surface area contributed by atoms with E-state index in [1.54, 1.807) is 19.1 Å². The monoisotopic (exact) mass is 261 g/mol. The van der Waals surface area contributed by atoms with Crippen LogP contribution in [0.1, 0.15) is 11.1 Å². The largest absolute Gasteiger partial charge is 0.297 e. The van der Waals surface area contributed by atoms with E-state index in [1.165, 1.54) is 16.7 Å². The van der Waals surface area contributed by atoms with Crippen LogP contribution >= 0.6 is 0 Å². The van der Waals surface area contributed by atoms with E-state index >= 15 is 0 Å². The number of pyridine rings is 1. The molecule has 0 saturated heterocycles. The molecule has 3 rings (SSSR count). The van der Waals surface area contributed by atoms with Gasteiger partial charge in [0.1, 0.15) is 28.3 Å². The van der Waals surface area contributed by atoms with Crippen LogP contribution in [-0.4, -0.2) is 9.38 Å². The predicted molar refractivity (Wildman–Crippen MR) is 62.0 cm³/mol. The first kappa shape index (κ1) is 11.5. The van der Waals surface area contributed by atoms with Crippen molar-refractivity contribution in [1.82, 2.24) is 9.38 Å². The van der Waals surface area contributed by atoms with Crippen LogP contribution in [0.15, 0.2) is 18.3 Å². The Morgan fingerprint density at radius 1 is 1.21 bits per heavy atom. The Hall–Kier alpha value is -2.55. The molecule has 94 valence electrons. The fraction of sp³-hybridized carbons (Fsp3) is 0.0769. The number of halogens is 3. The molecule has 0 spiro atoms. The number of hydrogen-bond acceptors (Lipinski definition) is 2. The van der Waals surface area contributed by atoms with Crippen LogP contribution in [0, 0.1) is 35.7 Å². The van der Waals surface area contributed by atoms with Gasteiger partial charge >= 0.3 is 0 Å². The van der Waals surface area contributed by atoms with Gasteiger partial charge in [-0.05, 0) is 18.6 Å². The van der Waals surface area contributed by atoms with Crippen molar-refractivity contribution < 1.29 is 13.2 Å². The molecular weight excluding hydrogens is 255 g/mol. The van der Waals surface area contributed by atoms with Gasteiger partial charge in [0.2, 0.25) is 0 Å². The lowest BCUT2D eigenvalue weighted by Gasteiger charge is -2.01.